The van der Waals surface area contributed by atoms with Crippen molar-refractivity contribution in [2.75, 3.05) is 29.5 Å². The van der Waals surface area contributed by atoms with Crippen LogP contribution in [0.5, 0.6) is 0 Å². The molecule has 0 saturated carbocycles. The summed E-state index contributed by atoms with van der Waals surface area (Å²) in [5.74, 6) is 1.23. The highest BCUT2D eigenvalue weighted by Gasteiger charge is 2.23. The van der Waals surface area contributed by atoms with E-state index in [2.05, 4.69) is 9.97 Å². The second kappa shape index (κ2) is 4.45. The maximum atomic E-state index is 11.5. The average Bonchev–Trinajstić information content (AvgIpc) is 2.39. The first kappa shape index (κ1) is 12.3. The lowest BCUT2D eigenvalue weighted by Crippen LogP contribution is -2.40. The molecule has 19 heavy (non-hydrogen) atoms. The minimum atomic E-state index is -2.87. The zero-order chi connectivity index (χ0) is 13.5. The Morgan fingerprint density at radius 2 is 1.89 bits per heavy atom. The van der Waals surface area contributed by atoms with Gasteiger partial charge in [-0.15, -0.1) is 0 Å². The molecule has 2 heterocycles. The molecule has 1 aliphatic rings. The molecule has 0 bridgehead atoms. The predicted octanol–water partition coefficient (Wildman–Crippen LogP) is 1.17. The summed E-state index contributed by atoms with van der Waals surface area (Å²) in [6.07, 6.45) is 1.55. The number of para-hydroxylation sites is 1. The van der Waals surface area contributed by atoms with Gasteiger partial charge < -0.3 is 4.90 Å². The predicted molar refractivity (Wildman–Crippen MR) is 75.1 cm³/mol. The van der Waals surface area contributed by atoms with Crippen LogP contribution in [-0.2, 0) is 9.84 Å². The molecule has 3 rings (SSSR count). The van der Waals surface area contributed by atoms with E-state index in [4.69, 9.17) is 0 Å². The van der Waals surface area contributed by atoms with Crippen molar-refractivity contribution in [1.82, 2.24) is 9.97 Å². The Kier molecular flexibility index (Phi) is 2.89. The van der Waals surface area contributed by atoms with Crippen LogP contribution >= 0.6 is 0 Å². The Balaban J connectivity index is 2.04. The summed E-state index contributed by atoms with van der Waals surface area (Å²) in [6, 6.07) is 5.98. The number of aryl methyl sites for hydroxylation is 1. The van der Waals surface area contributed by atoms with E-state index in [9.17, 15) is 8.42 Å². The van der Waals surface area contributed by atoms with E-state index in [1.54, 1.807) is 6.33 Å². The molecule has 1 aliphatic heterocycles. The minimum absolute atomic E-state index is 0.199. The number of rotatable bonds is 1. The van der Waals surface area contributed by atoms with E-state index in [-0.39, 0.29) is 11.5 Å². The smallest absolute Gasteiger partial charge is 0.153 e. The van der Waals surface area contributed by atoms with Crippen molar-refractivity contribution in [3.8, 4) is 0 Å². The van der Waals surface area contributed by atoms with E-state index in [0.29, 0.717) is 13.1 Å². The Morgan fingerprint density at radius 3 is 2.63 bits per heavy atom. The molecule has 1 aromatic carbocycles. The normalized spacial score (nSPS) is 18.7. The summed E-state index contributed by atoms with van der Waals surface area (Å²) >= 11 is 0. The van der Waals surface area contributed by atoms with Crippen molar-refractivity contribution in [2.24, 2.45) is 0 Å². The van der Waals surface area contributed by atoms with Crippen LogP contribution in [0.2, 0.25) is 0 Å². The molecule has 5 nitrogen and oxygen atoms in total. The quantitative estimate of drug-likeness (QED) is 0.783. The number of sulfone groups is 1. The first-order chi connectivity index (χ1) is 9.07. The third-order valence-electron chi connectivity index (χ3n) is 3.49. The van der Waals surface area contributed by atoms with Gasteiger partial charge in [-0.3, -0.25) is 0 Å². The molecule has 1 fully saturated rings. The van der Waals surface area contributed by atoms with Crippen LogP contribution in [0.3, 0.4) is 0 Å². The molecule has 0 amide bonds. The lowest BCUT2D eigenvalue weighted by molar-refractivity contribution is 0.586. The van der Waals surface area contributed by atoms with E-state index < -0.39 is 9.84 Å². The first-order valence-electron chi connectivity index (χ1n) is 6.22. The Hall–Kier alpha value is -1.69. The maximum Gasteiger partial charge on any atom is 0.153 e. The molecular formula is C13H15N3O2S. The van der Waals surface area contributed by atoms with Gasteiger partial charge in [-0.05, 0) is 18.6 Å². The van der Waals surface area contributed by atoms with Gasteiger partial charge in [0.2, 0.25) is 0 Å². The van der Waals surface area contributed by atoms with Gasteiger partial charge in [0.05, 0.1) is 17.0 Å². The molecule has 2 aromatic rings. The van der Waals surface area contributed by atoms with E-state index in [1.807, 2.05) is 30.0 Å². The van der Waals surface area contributed by atoms with Crippen LogP contribution in [-0.4, -0.2) is 43.0 Å². The second-order valence-corrected chi connectivity index (χ2v) is 7.11. The number of fused-ring (bicyclic) bond motifs is 1. The third-order valence-corrected chi connectivity index (χ3v) is 5.10. The number of hydrogen-bond donors (Lipinski definition) is 0. The van der Waals surface area contributed by atoms with Crippen LogP contribution < -0.4 is 4.90 Å². The first-order valence-corrected chi connectivity index (χ1v) is 8.05. The number of benzene rings is 1. The molecule has 1 saturated heterocycles. The molecular weight excluding hydrogens is 262 g/mol. The van der Waals surface area contributed by atoms with Crippen molar-refractivity contribution in [3.63, 3.8) is 0 Å². The molecule has 6 heteroatoms. The van der Waals surface area contributed by atoms with Crippen molar-refractivity contribution >= 4 is 26.6 Å². The van der Waals surface area contributed by atoms with Gasteiger partial charge in [0.15, 0.2) is 9.84 Å². The molecule has 0 unspecified atom stereocenters. The lowest BCUT2D eigenvalue weighted by atomic mass is 10.1. The largest absolute Gasteiger partial charge is 0.354 e. The van der Waals surface area contributed by atoms with Gasteiger partial charge >= 0.3 is 0 Å². The van der Waals surface area contributed by atoms with E-state index in [1.165, 1.54) is 0 Å². The molecule has 0 radical (unpaired) electrons. The van der Waals surface area contributed by atoms with Gasteiger partial charge in [0, 0.05) is 18.5 Å². The molecule has 1 aromatic heterocycles. The van der Waals surface area contributed by atoms with Crippen LogP contribution in [0, 0.1) is 6.92 Å². The van der Waals surface area contributed by atoms with Crippen molar-refractivity contribution < 1.29 is 8.42 Å². The molecule has 0 atom stereocenters. The number of aromatic nitrogens is 2. The van der Waals surface area contributed by atoms with E-state index in [0.717, 1.165) is 22.3 Å². The van der Waals surface area contributed by atoms with Gasteiger partial charge in [0.1, 0.15) is 12.1 Å². The zero-order valence-electron chi connectivity index (χ0n) is 10.7. The van der Waals surface area contributed by atoms with Crippen molar-refractivity contribution in [2.45, 2.75) is 6.92 Å². The fourth-order valence-electron chi connectivity index (χ4n) is 2.40. The highest BCUT2D eigenvalue weighted by atomic mass is 32.2. The summed E-state index contributed by atoms with van der Waals surface area (Å²) in [5, 5.41) is 0.988. The fraction of sp³-hybridized carbons (Fsp3) is 0.385. The number of hydrogen-bond acceptors (Lipinski definition) is 5. The Labute approximate surface area is 112 Å². The average molecular weight is 277 g/mol. The standard InChI is InChI=1S/C13H15N3O2S/c1-10-3-2-4-11-12(10)14-9-15-13(11)16-5-7-19(17,18)8-6-16/h2-4,9H,5-8H2,1H3. The lowest BCUT2D eigenvalue weighted by Gasteiger charge is -2.28. The van der Waals surface area contributed by atoms with Gasteiger partial charge in [-0.2, -0.15) is 0 Å². The molecule has 100 valence electrons. The molecule has 0 aliphatic carbocycles. The Morgan fingerprint density at radius 1 is 1.16 bits per heavy atom. The monoisotopic (exact) mass is 277 g/mol. The minimum Gasteiger partial charge on any atom is -0.354 e. The topological polar surface area (TPSA) is 63.2 Å². The molecule has 0 N–H and O–H groups in total. The van der Waals surface area contributed by atoms with Gasteiger partial charge in [0.25, 0.3) is 0 Å². The third kappa shape index (κ3) is 2.28. The number of nitrogens with zero attached hydrogens (tertiary/aromatic N) is 3. The maximum absolute atomic E-state index is 11.5. The van der Waals surface area contributed by atoms with E-state index >= 15 is 0 Å². The summed E-state index contributed by atoms with van der Waals surface area (Å²) in [7, 11) is -2.87. The SMILES string of the molecule is Cc1cccc2c(N3CCS(=O)(=O)CC3)ncnc12. The van der Waals surface area contributed by atoms with Crippen LogP contribution in [0.15, 0.2) is 24.5 Å². The van der Waals surface area contributed by atoms with Gasteiger partial charge in [-0.25, -0.2) is 18.4 Å². The highest BCUT2D eigenvalue weighted by Crippen LogP contribution is 2.25. The summed E-state index contributed by atoms with van der Waals surface area (Å²) in [6.45, 7) is 3.02. The molecule has 0 spiro atoms. The van der Waals surface area contributed by atoms with Gasteiger partial charge in [-0.1, -0.05) is 12.1 Å². The number of anilines is 1. The van der Waals surface area contributed by atoms with Crippen molar-refractivity contribution in [3.05, 3.63) is 30.1 Å². The summed E-state index contributed by atoms with van der Waals surface area (Å²) in [4.78, 5) is 10.7. The zero-order valence-corrected chi connectivity index (χ0v) is 11.5. The summed E-state index contributed by atoms with van der Waals surface area (Å²) < 4.78 is 23.0. The fourth-order valence-corrected chi connectivity index (χ4v) is 3.60. The Bertz CT molecular complexity index is 714. The second-order valence-electron chi connectivity index (χ2n) is 4.81. The van der Waals surface area contributed by atoms with Crippen LogP contribution in [0.4, 0.5) is 5.82 Å². The highest BCUT2D eigenvalue weighted by molar-refractivity contribution is 7.91. The van der Waals surface area contributed by atoms with Crippen LogP contribution in [0.1, 0.15) is 5.56 Å². The van der Waals surface area contributed by atoms with Crippen molar-refractivity contribution in [1.29, 1.82) is 0 Å². The van der Waals surface area contributed by atoms with Crippen LogP contribution in [0.25, 0.3) is 10.9 Å². The summed E-state index contributed by atoms with van der Waals surface area (Å²) in [5.41, 5.74) is 2.03.